The van der Waals surface area contributed by atoms with E-state index in [9.17, 15) is 14.5 Å². The molecule has 0 spiro atoms. The summed E-state index contributed by atoms with van der Waals surface area (Å²) in [5.74, 6) is 6.54. The van der Waals surface area contributed by atoms with E-state index in [4.69, 9.17) is 11.6 Å². The van der Waals surface area contributed by atoms with E-state index < -0.39 is 23.2 Å². The number of carboxylic acids is 1. The molecule has 3 atom stereocenters. The van der Waals surface area contributed by atoms with Gasteiger partial charge >= 0.3 is 5.97 Å². The first-order valence-corrected chi connectivity index (χ1v) is 16.4. The molecule has 1 aliphatic carbocycles. The van der Waals surface area contributed by atoms with E-state index in [1.165, 1.54) is 12.8 Å². The maximum atomic E-state index is 14.0. The number of pyridine rings is 1. The number of carbonyl (C=O) groups is 1. The Hall–Kier alpha value is -3.31. The first kappa shape index (κ1) is 29.7. The molecule has 2 fully saturated rings. The summed E-state index contributed by atoms with van der Waals surface area (Å²) in [5, 5.41) is 11.7. The highest BCUT2D eigenvalue weighted by Crippen LogP contribution is 2.40. The largest absolute Gasteiger partial charge is 0.593 e. The fraction of sp³-hybridized carbons (Fsp3) is 0.455. The minimum absolute atomic E-state index is 0.0672. The molecule has 3 aliphatic rings. The van der Waals surface area contributed by atoms with Gasteiger partial charge in [-0.2, -0.15) is 0 Å². The zero-order valence-corrected chi connectivity index (χ0v) is 25.9. The van der Waals surface area contributed by atoms with Crippen LogP contribution in [0.5, 0.6) is 0 Å². The standard InChI is InChI=1S/C33H42N6O3S/c1-21-8-11-24(28(17-31(40)41)27-12-13-29(32(34)22(27)2)39(35)18-23-9-10-23)16-25(21)19-37-20-26-6-3-4-15-38(26)33-30(43(37)42)7-5-14-36-33/h5,7-8,11-14,16,23,26,28H,3-4,6,9-10,15,17-20,34-35H2,1-2H3,(H,40,41)/t26-,28?,43?/m0/s1. The van der Waals surface area contributed by atoms with Gasteiger partial charge in [0.2, 0.25) is 4.90 Å². The summed E-state index contributed by atoms with van der Waals surface area (Å²) < 4.78 is 16.0. The Labute approximate surface area is 257 Å². The molecule has 6 rings (SSSR count). The quantitative estimate of drug-likeness (QED) is 0.136. The number of nitrogen functional groups attached to an aromatic ring is 1. The Morgan fingerprint density at radius 2 is 2.00 bits per heavy atom. The minimum atomic E-state index is -1.37. The van der Waals surface area contributed by atoms with Gasteiger partial charge < -0.3 is 25.3 Å². The van der Waals surface area contributed by atoms with Crippen molar-refractivity contribution in [2.75, 3.05) is 35.3 Å². The van der Waals surface area contributed by atoms with E-state index in [2.05, 4.69) is 27.2 Å². The van der Waals surface area contributed by atoms with Gasteiger partial charge in [0.05, 0.1) is 42.2 Å². The highest BCUT2D eigenvalue weighted by molar-refractivity contribution is 7.89. The number of nitrogens with zero attached hydrogens (tertiary/aromatic N) is 4. The molecule has 43 heavy (non-hydrogen) atoms. The van der Waals surface area contributed by atoms with E-state index in [1.807, 2.05) is 43.3 Å². The van der Waals surface area contributed by atoms with Crippen molar-refractivity contribution >= 4 is 34.5 Å². The van der Waals surface area contributed by atoms with Crippen molar-refractivity contribution in [3.05, 3.63) is 76.5 Å². The van der Waals surface area contributed by atoms with E-state index >= 15 is 0 Å². The lowest BCUT2D eigenvalue weighted by Crippen LogP contribution is -2.45. The van der Waals surface area contributed by atoms with Gasteiger partial charge in [-0.05, 0) is 91.8 Å². The lowest BCUT2D eigenvalue weighted by Gasteiger charge is -2.35. The van der Waals surface area contributed by atoms with Crippen LogP contribution in [0.25, 0.3) is 0 Å². The molecule has 9 nitrogen and oxygen atoms in total. The van der Waals surface area contributed by atoms with Crippen LogP contribution in [0.3, 0.4) is 0 Å². The van der Waals surface area contributed by atoms with Crippen molar-refractivity contribution in [1.29, 1.82) is 0 Å². The van der Waals surface area contributed by atoms with Crippen LogP contribution in [-0.2, 0) is 22.7 Å². The molecule has 10 heteroatoms. The SMILES string of the molecule is Cc1ccc(C(CC(=O)O)c2ccc(N(N)CC3CC3)c(N)c2C)cc1CN1C[C@@H]2CCCCN2c2ncccc2[S+]1[O-]. The Morgan fingerprint density at radius 1 is 1.19 bits per heavy atom. The molecule has 1 saturated carbocycles. The predicted molar refractivity (Wildman–Crippen MR) is 171 cm³/mol. The van der Waals surface area contributed by atoms with Gasteiger partial charge in [-0.25, -0.2) is 10.8 Å². The summed E-state index contributed by atoms with van der Waals surface area (Å²) in [6.45, 7) is 6.87. The van der Waals surface area contributed by atoms with Crippen molar-refractivity contribution in [1.82, 2.24) is 9.29 Å². The summed E-state index contributed by atoms with van der Waals surface area (Å²) in [6, 6.07) is 14.1. The lowest BCUT2D eigenvalue weighted by atomic mass is 9.84. The molecule has 2 aliphatic heterocycles. The van der Waals surface area contributed by atoms with Crippen LogP contribution < -0.4 is 21.5 Å². The highest BCUT2D eigenvalue weighted by Gasteiger charge is 2.39. The molecule has 5 N–H and O–H groups in total. The number of benzene rings is 2. The van der Waals surface area contributed by atoms with Crippen molar-refractivity contribution < 1.29 is 14.5 Å². The van der Waals surface area contributed by atoms with Crippen LogP contribution >= 0.6 is 0 Å². The fourth-order valence-corrected chi connectivity index (χ4v) is 8.02. The molecule has 3 heterocycles. The molecule has 3 aromatic rings. The van der Waals surface area contributed by atoms with Gasteiger partial charge in [0.1, 0.15) is 0 Å². The van der Waals surface area contributed by atoms with Gasteiger partial charge in [-0.15, -0.1) is 4.31 Å². The Bertz CT molecular complexity index is 1500. The molecule has 228 valence electrons. The second kappa shape index (κ2) is 12.4. The number of rotatable bonds is 9. The lowest BCUT2D eigenvalue weighted by molar-refractivity contribution is -0.137. The van der Waals surface area contributed by atoms with E-state index in [0.29, 0.717) is 24.7 Å². The summed E-state index contributed by atoms with van der Waals surface area (Å²) >= 11 is -1.37. The smallest absolute Gasteiger partial charge is 0.304 e. The number of piperidine rings is 1. The summed E-state index contributed by atoms with van der Waals surface area (Å²) in [7, 11) is 0. The third kappa shape index (κ3) is 6.20. The maximum absolute atomic E-state index is 14.0. The molecular weight excluding hydrogens is 560 g/mol. The Balaban J connectivity index is 1.32. The second-order valence-electron chi connectivity index (χ2n) is 12.4. The predicted octanol–water partition coefficient (Wildman–Crippen LogP) is 4.87. The van der Waals surface area contributed by atoms with Crippen LogP contribution in [0.4, 0.5) is 17.2 Å². The van der Waals surface area contributed by atoms with Crippen molar-refractivity contribution in [3.63, 3.8) is 0 Å². The number of nitrogens with two attached hydrogens (primary N) is 2. The highest BCUT2D eigenvalue weighted by atomic mass is 32.2. The molecule has 0 radical (unpaired) electrons. The van der Waals surface area contributed by atoms with Crippen LogP contribution in [0.15, 0.2) is 53.6 Å². The summed E-state index contributed by atoms with van der Waals surface area (Å²) in [5.41, 5.74) is 12.7. The number of aryl methyl sites for hydroxylation is 1. The maximum Gasteiger partial charge on any atom is 0.304 e. The van der Waals surface area contributed by atoms with E-state index in [-0.39, 0.29) is 12.5 Å². The number of hydrazine groups is 1. The second-order valence-corrected chi connectivity index (χ2v) is 13.8. The van der Waals surface area contributed by atoms with Crippen molar-refractivity contribution in [2.24, 2.45) is 11.8 Å². The molecule has 0 bridgehead atoms. The average Bonchev–Trinajstić information content (AvgIpc) is 3.82. The fourth-order valence-electron chi connectivity index (χ4n) is 6.65. The van der Waals surface area contributed by atoms with Gasteiger partial charge in [-0.3, -0.25) is 4.79 Å². The molecule has 1 aromatic heterocycles. The number of hydrogen-bond acceptors (Lipinski definition) is 8. The molecule has 0 amide bonds. The van der Waals surface area contributed by atoms with Gasteiger partial charge in [0.15, 0.2) is 5.82 Å². The van der Waals surface area contributed by atoms with Crippen LogP contribution in [0.1, 0.15) is 72.3 Å². The third-order valence-corrected chi connectivity index (χ3v) is 10.8. The molecule has 1 saturated heterocycles. The van der Waals surface area contributed by atoms with Crippen molar-refractivity contribution in [2.45, 2.75) is 75.8 Å². The van der Waals surface area contributed by atoms with E-state index in [1.54, 1.807) is 11.2 Å². The zero-order valence-electron chi connectivity index (χ0n) is 25.0. The Morgan fingerprint density at radius 3 is 2.77 bits per heavy atom. The topological polar surface area (TPSA) is 135 Å². The number of aromatic nitrogens is 1. The number of anilines is 3. The number of aliphatic carboxylic acids is 1. The zero-order chi connectivity index (χ0) is 30.2. The molecule has 2 aromatic carbocycles. The van der Waals surface area contributed by atoms with Crippen LogP contribution in [0, 0.1) is 19.8 Å². The monoisotopic (exact) mass is 602 g/mol. The number of fused-ring (bicyclic) bond motifs is 3. The van der Waals surface area contributed by atoms with Crippen LogP contribution in [-0.4, -0.2) is 50.6 Å². The number of hydrogen-bond donors (Lipinski definition) is 3. The summed E-state index contributed by atoms with van der Waals surface area (Å²) in [4.78, 5) is 19.9. The number of carboxylic acid groups (broad SMARTS) is 1. The van der Waals surface area contributed by atoms with Crippen LogP contribution in [0.2, 0.25) is 0 Å². The molecule has 2 unspecified atom stereocenters. The average molecular weight is 603 g/mol. The first-order chi connectivity index (χ1) is 20.7. The van der Waals surface area contributed by atoms with Crippen molar-refractivity contribution in [3.8, 4) is 0 Å². The Kier molecular flexibility index (Phi) is 8.55. The first-order valence-electron chi connectivity index (χ1n) is 15.3. The normalized spacial score (nSPS) is 21.1. The molecular formula is C33H42N6O3S. The van der Waals surface area contributed by atoms with Gasteiger partial charge in [-0.1, -0.05) is 24.3 Å². The minimum Gasteiger partial charge on any atom is -0.593 e. The third-order valence-electron chi connectivity index (χ3n) is 9.36. The van der Waals surface area contributed by atoms with Gasteiger partial charge in [0, 0.05) is 37.3 Å². The van der Waals surface area contributed by atoms with Gasteiger partial charge in [0.25, 0.3) is 0 Å². The summed E-state index contributed by atoms with van der Waals surface area (Å²) in [6.07, 6.45) is 7.40. The van der Waals surface area contributed by atoms with E-state index in [0.717, 1.165) is 76.6 Å².